The van der Waals surface area contributed by atoms with E-state index in [1.807, 2.05) is 0 Å². The van der Waals surface area contributed by atoms with Crippen molar-refractivity contribution in [3.05, 3.63) is 195 Å². The third kappa shape index (κ3) is 8.99. The van der Waals surface area contributed by atoms with Gasteiger partial charge in [-0.1, -0.05) is 13.5 Å². The zero-order valence-electron chi connectivity index (χ0n) is 40.5. The molecule has 0 amide bonds. The summed E-state index contributed by atoms with van der Waals surface area (Å²) in [5, 5.41) is 91.9. The van der Waals surface area contributed by atoms with E-state index in [4.69, 9.17) is 44.7 Å². The van der Waals surface area contributed by atoms with Gasteiger partial charge in [0.15, 0.2) is 58.1 Å². The number of hydrogen-bond donors (Lipinski definition) is 0. The van der Waals surface area contributed by atoms with Crippen LogP contribution in [0.5, 0.6) is 0 Å². The summed E-state index contributed by atoms with van der Waals surface area (Å²) < 4.78 is 141. The van der Waals surface area contributed by atoms with E-state index in [2.05, 4.69) is 19.7 Å². The van der Waals surface area contributed by atoms with E-state index in [1.54, 1.807) is 24.3 Å². The van der Waals surface area contributed by atoms with Crippen molar-refractivity contribution in [1.82, 2.24) is 9.97 Å². The quantitative estimate of drug-likeness (QED) is 0.0602. The van der Waals surface area contributed by atoms with E-state index in [0.29, 0.717) is 0 Å². The van der Waals surface area contributed by atoms with Crippen LogP contribution in [0.3, 0.4) is 0 Å². The van der Waals surface area contributed by atoms with Gasteiger partial charge in [-0.25, -0.2) is 74.1 Å². The smallest absolute Gasteiger partial charge is 0.266 e. The number of benzene rings is 4. The molecule has 0 aliphatic heterocycles. The lowest BCUT2D eigenvalue weighted by Crippen LogP contribution is -2.42. The van der Waals surface area contributed by atoms with Crippen molar-refractivity contribution in [2.45, 2.75) is 21.3 Å². The number of fused-ring (bicyclic) bond motifs is 6. The Kier molecular flexibility index (Phi) is 16.4. The molecule has 0 saturated carbocycles. The van der Waals surface area contributed by atoms with Crippen molar-refractivity contribution in [1.29, 1.82) is 52.6 Å². The fraction of sp³-hybridized carbons (Fsp3) is 0.123. The Labute approximate surface area is 459 Å². The molecule has 4 unspecified atom stereocenters. The van der Waals surface area contributed by atoms with Crippen LogP contribution in [0, 0.1) is 198 Å². The number of carbonyl (C=O) groups is 2. The molecule has 4 aromatic carbocycles. The van der Waals surface area contributed by atoms with Crippen molar-refractivity contribution in [3.8, 4) is 60.7 Å². The second-order valence-electron chi connectivity index (χ2n) is 17.0. The molecule has 1 aromatic heterocycles. The summed E-state index contributed by atoms with van der Waals surface area (Å²) >= 11 is 0. The monoisotopic (exact) mass is 1120 g/mol. The minimum atomic E-state index is -2.05. The minimum absolute atomic E-state index is 0. The van der Waals surface area contributed by atoms with E-state index in [0.717, 1.165) is 12.1 Å². The lowest BCUT2D eigenvalue weighted by Gasteiger charge is -2.37. The topological polar surface area (TPSA) is 307 Å². The summed E-state index contributed by atoms with van der Waals surface area (Å²) in [4.78, 5) is 40.0. The maximum absolute atomic E-state index is 14.4. The second kappa shape index (κ2) is 22.8. The molecule has 1 heterocycles. The van der Waals surface area contributed by atoms with Gasteiger partial charge in [0, 0.05) is 17.4 Å². The van der Waals surface area contributed by atoms with E-state index < -0.39 is 155 Å². The largest absolute Gasteiger partial charge is 0.293 e. The number of aromatic nitrogens is 2. The minimum Gasteiger partial charge on any atom is -0.293 e. The van der Waals surface area contributed by atoms with Gasteiger partial charge in [-0.3, -0.25) is 9.59 Å². The van der Waals surface area contributed by atoms with Crippen LogP contribution in [0.25, 0.3) is 42.9 Å². The zero-order chi connectivity index (χ0) is 60.7. The number of nitrogens with zero attached hydrogens (tertiary/aromatic N) is 14. The Morgan fingerprint density at radius 3 is 1.13 bits per heavy atom. The van der Waals surface area contributed by atoms with E-state index >= 15 is 0 Å². The van der Waals surface area contributed by atoms with Crippen molar-refractivity contribution in [2.24, 2.45) is 23.7 Å². The lowest BCUT2D eigenvalue weighted by molar-refractivity contribution is 0.0784. The van der Waals surface area contributed by atoms with Crippen LogP contribution >= 0.6 is 0 Å². The molecule has 5 aromatic rings. The van der Waals surface area contributed by atoms with Crippen LogP contribution in [0.2, 0.25) is 0 Å². The van der Waals surface area contributed by atoms with Crippen LogP contribution in [0.15, 0.2) is 69.9 Å². The molecule has 398 valence electrons. The second-order valence-corrected chi connectivity index (χ2v) is 17.0. The average Bonchev–Trinajstić information content (AvgIpc) is 3.55. The highest BCUT2D eigenvalue weighted by molar-refractivity contribution is 6.21. The Balaban J connectivity index is 0.000000199. The first-order chi connectivity index (χ1) is 39.0. The van der Waals surface area contributed by atoms with Gasteiger partial charge in [-0.15, -0.1) is 0 Å². The van der Waals surface area contributed by atoms with E-state index in [-0.39, 0.29) is 68.8 Å². The predicted octanol–water partition coefficient (Wildman–Crippen LogP) is 11.8. The van der Waals surface area contributed by atoms with Crippen LogP contribution in [-0.2, 0) is 0 Å². The number of ketones is 2. The predicted molar refractivity (Wildman–Crippen MR) is 261 cm³/mol. The first-order valence-corrected chi connectivity index (χ1v) is 22.1. The van der Waals surface area contributed by atoms with Crippen LogP contribution in [0.4, 0.5) is 43.9 Å². The molecular formula is C57H18F10N14O2. The molecule has 0 bridgehead atoms. The standard InChI is InChI=1S/C21H9F3N4.C18H2F4N4O2.C17H3F3N6.CH4/c1-10-4-11-12(5-15(10)22)21(19(9-26)28-3)14-7-17(24)16(23)6-13(14)20(11)18(8-25)27-2;19-13-5(1-23)9-10(6(2-24)14(13)20)18(28)12-8(4-26)16(22)15(21)7(3-25)11(12)17(9)27;1-6-7(2-21)14-15(8(3-22)11(6)18)26-17-10(5-24)13(20)12(19)9(4-23)16(17)25-14;/h4-7,11-12H,1H3;9-10H;1H3;1H4/b20-18-,21-19-;;;. The molecule has 0 radical (unpaired) electrons. The highest BCUT2D eigenvalue weighted by Gasteiger charge is 2.53. The molecule has 83 heavy (non-hydrogen) atoms. The highest BCUT2D eigenvalue weighted by atomic mass is 19.2. The van der Waals surface area contributed by atoms with Crippen LogP contribution in [-0.4, -0.2) is 21.5 Å². The molecule has 0 N–H and O–H groups in total. The average molecular weight is 1120 g/mol. The van der Waals surface area contributed by atoms with Crippen molar-refractivity contribution in [2.75, 3.05) is 0 Å². The first-order valence-electron chi connectivity index (χ1n) is 22.1. The maximum Gasteiger partial charge on any atom is 0.266 e. The molecule has 0 spiro atoms. The number of halogens is 10. The van der Waals surface area contributed by atoms with E-state index in [1.165, 1.54) is 62.4 Å². The van der Waals surface area contributed by atoms with Gasteiger partial charge in [0.2, 0.25) is 0 Å². The molecule has 4 aliphatic rings. The molecule has 0 fully saturated rings. The number of nitriles is 10. The summed E-state index contributed by atoms with van der Waals surface area (Å²) in [6, 6.07) is 16.2. The summed E-state index contributed by atoms with van der Waals surface area (Å²) in [5.41, 5.74) is -11.2. The Morgan fingerprint density at radius 2 is 0.807 bits per heavy atom. The molecule has 4 atom stereocenters. The SMILES string of the molecule is C.Cc1c(F)c(C#N)c2nc3c(C#N)c(F)c(F)c(C#N)c3nc2c1C#N.N#CC1=C(F)C(F)=C(C#N)C2C(=O)c3c(C#N)c(F)c(F)c(C#N)c3C(=O)C12.[C-]#[N+]/C(C#N)=C1\c2cc(F)c(F)cc2/C(=C(/C#N)[N+]#[C-])C2C=C(F)C(C)=CC12. The van der Waals surface area contributed by atoms with Gasteiger partial charge >= 0.3 is 0 Å². The molecular weight excluding hydrogens is 1100 g/mol. The van der Waals surface area contributed by atoms with Gasteiger partial charge in [0.1, 0.15) is 97.9 Å². The van der Waals surface area contributed by atoms with Crippen molar-refractivity contribution in [3.63, 3.8) is 0 Å². The maximum atomic E-state index is 14.4. The molecule has 26 heteroatoms. The Hall–Kier alpha value is -12.6. The Morgan fingerprint density at radius 1 is 0.482 bits per heavy atom. The number of rotatable bonds is 0. The molecule has 16 nitrogen and oxygen atoms in total. The number of Topliss-reactive ketones (excluding diaryl/α,β-unsaturated/α-hetero) is 2. The first kappa shape index (κ1) is 59.7. The summed E-state index contributed by atoms with van der Waals surface area (Å²) in [7, 11) is 0. The fourth-order valence-corrected chi connectivity index (χ4v) is 9.51. The zero-order valence-corrected chi connectivity index (χ0v) is 40.5. The molecule has 4 aliphatic carbocycles. The van der Waals surface area contributed by atoms with Gasteiger partial charge in [-0.2, -0.15) is 42.1 Å². The summed E-state index contributed by atoms with van der Waals surface area (Å²) in [6.45, 7) is 17.3. The summed E-state index contributed by atoms with van der Waals surface area (Å²) in [5.74, 6) is -23.2. The Bertz CT molecular complexity index is 4290. The number of carbonyl (C=O) groups excluding carboxylic acids is 2. The van der Waals surface area contributed by atoms with E-state index in [9.17, 15) is 74.5 Å². The summed E-state index contributed by atoms with van der Waals surface area (Å²) in [6.07, 6.45) is 2.65. The van der Waals surface area contributed by atoms with Gasteiger partial charge in [0.25, 0.3) is 11.4 Å². The molecule has 0 saturated heterocycles. The van der Waals surface area contributed by atoms with Crippen molar-refractivity contribution >= 4 is 44.8 Å². The van der Waals surface area contributed by atoms with Gasteiger partial charge < -0.3 is 0 Å². The van der Waals surface area contributed by atoms with Crippen molar-refractivity contribution < 1.29 is 53.5 Å². The third-order valence-corrected chi connectivity index (χ3v) is 13.1. The number of hydrogen-bond acceptors (Lipinski definition) is 14. The molecule has 9 rings (SSSR count). The normalized spacial score (nSPS) is 18.0. The highest BCUT2D eigenvalue weighted by Crippen LogP contribution is 2.53. The van der Waals surface area contributed by atoms with Crippen LogP contribution in [0.1, 0.15) is 85.1 Å². The van der Waals surface area contributed by atoms with Crippen LogP contribution < -0.4 is 0 Å². The van der Waals surface area contributed by atoms with Gasteiger partial charge in [0.05, 0.1) is 77.1 Å². The lowest BCUT2D eigenvalue weighted by atomic mass is 9.64. The fourth-order valence-electron chi connectivity index (χ4n) is 9.51. The van der Waals surface area contributed by atoms with Gasteiger partial charge in [-0.05, 0) is 59.9 Å². The third-order valence-electron chi connectivity index (χ3n) is 13.1. The number of allylic oxidation sites excluding steroid dienone is 12.